The molecule has 2 aliphatic rings. The molecule has 0 N–H and O–H groups in total. The smallest absolute Gasteiger partial charge is 0.306 e. The number of rotatable bonds is 16. The van der Waals surface area contributed by atoms with Crippen LogP contribution in [-0.2, 0) is 38.1 Å². The maximum Gasteiger partial charge on any atom is 0.306 e. The minimum absolute atomic E-state index is 0.00499. The van der Waals surface area contributed by atoms with Gasteiger partial charge in [0, 0.05) is 32.2 Å². The number of ether oxygens (including phenoxy) is 4. The molecule has 9 nitrogen and oxygen atoms in total. The summed E-state index contributed by atoms with van der Waals surface area (Å²) < 4.78 is 23.4. The molecule has 0 aromatic heterocycles. The van der Waals surface area contributed by atoms with E-state index in [4.69, 9.17) is 18.9 Å². The minimum Gasteiger partial charge on any atom is -0.464 e. The number of carbonyl (C=O) groups excluding carboxylic acids is 4. The molecule has 1 aliphatic carbocycles. The Balaban J connectivity index is 2.40. The lowest BCUT2D eigenvalue weighted by Crippen LogP contribution is -2.66. The van der Waals surface area contributed by atoms with Gasteiger partial charge in [-0.2, -0.15) is 0 Å². The lowest BCUT2D eigenvalue weighted by molar-refractivity contribution is -0.210. The Morgan fingerprint density at radius 2 is 1.18 bits per heavy atom. The van der Waals surface area contributed by atoms with Gasteiger partial charge in [0.05, 0.1) is 6.04 Å². The molecule has 0 amide bonds. The standard InChI is InChI=1S/C30H51NO8/c1-5-12-25(32)36-21-23-29(38-27(34)14-7-3)30(39-28(35)15-8-4)24(37-26(33)13-6-2)20-31(23)19-18-22-16-10-9-11-17-22/h22-24,29-30H,5-21H2,1-4H3/t23-,24+,29-,30-/m1/s1. The van der Waals surface area contributed by atoms with Gasteiger partial charge in [0.1, 0.15) is 6.61 Å². The number of piperidine rings is 1. The summed E-state index contributed by atoms with van der Waals surface area (Å²) in [6, 6.07) is -0.518. The van der Waals surface area contributed by atoms with E-state index in [-0.39, 0.29) is 37.8 Å². The average Bonchev–Trinajstić information content (AvgIpc) is 2.90. The molecular formula is C30H51NO8. The zero-order valence-electron chi connectivity index (χ0n) is 24.6. The lowest BCUT2D eigenvalue weighted by atomic mass is 9.86. The second-order valence-electron chi connectivity index (χ2n) is 11.0. The van der Waals surface area contributed by atoms with Crippen molar-refractivity contribution >= 4 is 23.9 Å². The minimum atomic E-state index is -0.980. The molecule has 1 saturated heterocycles. The predicted molar refractivity (Wildman–Crippen MR) is 147 cm³/mol. The Bertz CT molecular complexity index is 766. The van der Waals surface area contributed by atoms with E-state index in [1.165, 1.54) is 32.1 Å². The SMILES string of the molecule is CCCC(=O)OC[C@@H]1[C@@H](OC(=O)CCC)[C@H](OC(=O)CCC)[C@@H](OC(=O)CCC)CN1CCC1CCCCC1. The summed E-state index contributed by atoms with van der Waals surface area (Å²) in [5.41, 5.74) is 0. The first-order chi connectivity index (χ1) is 18.8. The van der Waals surface area contributed by atoms with Crippen LogP contribution in [0.5, 0.6) is 0 Å². The molecule has 39 heavy (non-hydrogen) atoms. The first-order valence-corrected chi connectivity index (χ1v) is 15.3. The van der Waals surface area contributed by atoms with Crippen molar-refractivity contribution in [3.05, 3.63) is 0 Å². The normalized spacial score (nSPS) is 24.1. The van der Waals surface area contributed by atoms with E-state index in [1.807, 2.05) is 27.7 Å². The zero-order valence-corrected chi connectivity index (χ0v) is 24.6. The molecule has 0 radical (unpaired) electrons. The number of hydrogen-bond donors (Lipinski definition) is 0. The monoisotopic (exact) mass is 553 g/mol. The van der Waals surface area contributed by atoms with E-state index in [2.05, 4.69) is 4.90 Å². The van der Waals surface area contributed by atoms with E-state index in [0.29, 0.717) is 51.1 Å². The number of hydrogen-bond acceptors (Lipinski definition) is 9. The molecule has 0 aromatic carbocycles. The summed E-state index contributed by atoms with van der Waals surface area (Å²) in [5, 5.41) is 0. The second kappa shape index (κ2) is 18.2. The van der Waals surface area contributed by atoms with Crippen molar-refractivity contribution in [3.63, 3.8) is 0 Å². The average molecular weight is 554 g/mol. The van der Waals surface area contributed by atoms with Crippen molar-refractivity contribution < 1.29 is 38.1 Å². The third-order valence-corrected chi connectivity index (χ3v) is 7.55. The van der Waals surface area contributed by atoms with Gasteiger partial charge in [-0.05, 0) is 44.6 Å². The summed E-state index contributed by atoms with van der Waals surface area (Å²) in [6.07, 6.45) is 7.77. The highest BCUT2D eigenvalue weighted by molar-refractivity contribution is 5.72. The maximum atomic E-state index is 12.8. The molecule has 2 fully saturated rings. The molecule has 4 atom stereocenters. The van der Waals surface area contributed by atoms with Crippen molar-refractivity contribution in [1.29, 1.82) is 0 Å². The van der Waals surface area contributed by atoms with Crippen molar-refractivity contribution in [2.24, 2.45) is 5.92 Å². The van der Waals surface area contributed by atoms with Gasteiger partial charge in [0.2, 0.25) is 0 Å². The summed E-state index contributed by atoms with van der Waals surface area (Å²) in [5.74, 6) is -0.953. The molecule has 2 rings (SSSR count). The number of nitrogens with zero attached hydrogens (tertiary/aromatic N) is 1. The van der Waals surface area contributed by atoms with Crippen molar-refractivity contribution in [1.82, 2.24) is 4.90 Å². The van der Waals surface area contributed by atoms with Crippen molar-refractivity contribution in [3.8, 4) is 0 Å². The van der Waals surface area contributed by atoms with E-state index in [9.17, 15) is 19.2 Å². The molecule has 1 aliphatic heterocycles. The van der Waals surface area contributed by atoms with Gasteiger partial charge in [-0.15, -0.1) is 0 Å². The Kier molecular flexibility index (Phi) is 15.5. The summed E-state index contributed by atoms with van der Waals surface area (Å²) in [7, 11) is 0. The first-order valence-electron chi connectivity index (χ1n) is 15.3. The van der Waals surface area contributed by atoms with Crippen LogP contribution in [0.25, 0.3) is 0 Å². The highest BCUT2D eigenvalue weighted by atomic mass is 16.6. The molecule has 224 valence electrons. The van der Waals surface area contributed by atoms with E-state index in [0.717, 1.165) is 6.42 Å². The van der Waals surface area contributed by atoms with Gasteiger partial charge >= 0.3 is 23.9 Å². The van der Waals surface area contributed by atoms with Crippen LogP contribution in [0.3, 0.4) is 0 Å². The molecule has 1 saturated carbocycles. The molecular weight excluding hydrogens is 502 g/mol. The summed E-state index contributed by atoms with van der Waals surface area (Å²) in [6.45, 7) is 8.56. The van der Waals surface area contributed by atoms with Crippen LogP contribution in [0.1, 0.15) is 118 Å². The highest BCUT2D eigenvalue weighted by Crippen LogP contribution is 2.31. The highest BCUT2D eigenvalue weighted by Gasteiger charge is 2.50. The zero-order chi connectivity index (χ0) is 28.6. The van der Waals surface area contributed by atoms with Crippen LogP contribution < -0.4 is 0 Å². The largest absolute Gasteiger partial charge is 0.464 e. The second-order valence-corrected chi connectivity index (χ2v) is 11.0. The number of esters is 4. The summed E-state index contributed by atoms with van der Waals surface area (Å²) >= 11 is 0. The Labute approximate surface area is 234 Å². The maximum absolute atomic E-state index is 12.8. The van der Waals surface area contributed by atoms with E-state index < -0.39 is 36.3 Å². The Hall–Kier alpha value is -2.16. The van der Waals surface area contributed by atoms with Crippen molar-refractivity contribution in [2.75, 3.05) is 19.7 Å². The Morgan fingerprint density at radius 3 is 1.74 bits per heavy atom. The van der Waals surface area contributed by atoms with Gasteiger partial charge in [-0.3, -0.25) is 24.1 Å². The van der Waals surface area contributed by atoms with Crippen LogP contribution in [0.2, 0.25) is 0 Å². The fraction of sp³-hybridized carbons (Fsp3) is 0.867. The molecule has 0 bridgehead atoms. The molecule has 0 aromatic rings. The lowest BCUT2D eigenvalue weighted by Gasteiger charge is -2.47. The quantitative estimate of drug-likeness (QED) is 0.190. The number of carbonyl (C=O) groups is 4. The summed E-state index contributed by atoms with van der Waals surface area (Å²) in [4.78, 5) is 52.6. The third-order valence-electron chi connectivity index (χ3n) is 7.55. The molecule has 0 spiro atoms. The van der Waals surface area contributed by atoms with Gasteiger partial charge < -0.3 is 18.9 Å². The molecule has 0 unspecified atom stereocenters. The first kappa shape index (κ1) is 33.0. The van der Waals surface area contributed by atoms with Crippen LogP contribution in [0.4, 0.5) is 0 Å². The predicted octanol–water partition coefficient (Wildman–Crippen LogP) is 5.12. The van der Waals surface area contributed by atoms with Crippen molar-refractivity contribution in [2.45, 2.75) is 142 Å². The van der Waals surface area contributed by atoms with Crippen LogP contribution >= 0.6 is 0 Å². The van der Waals surface area contributed by atoms with Gasteiger partial charge in [0.15, 0.2) is 18.3 Å². The third kappa shape index (κ3) is 11.5. The fourth-order valence-electron chi connectivity index (χ4n) is 5.50. The van der Waals surface area contributed by atoms with E-state index >= 15 is 0 Å². The topological polar surface area (TPSA) is 108 Å². The van der Waals surface area contributed by atoms with Crippen LogP contribution in [0.15, 0.2) is 0 Å². The van der Waals surface area contributed by atoms with E-state index in [1.54, 1.807) is 0 Å². The van der Waals surface area contributed by atoms with Crippen LogP contribution in [0, 0.1) is 5.92 Å². The van der Waals surface area contributed by atoms with Crippen LogP contribution in [-0.4, -0.2) is 72.8 Å². The van der Waals surface area contributed by atoms with Gasteiger partial charge in [-0.1, -0.05) is 59.8 Å². The molecule has 9 heteroatoms. The Morgan fingerprint density at radius 1 is 0.667 bits per heavy atom. The van der Waals surface area contributed by atoms with Gasteiger partial charge in [0.25, 0.3) is 0 Å². The number of likely N-dealkylation sites (tertiary alicyclic amines) is 1. The fourth-order valence-corrected chi connectivity index (χ4v) is 5.50. The van der Waals surface area contributed by atoms with Gasteiger partial charge in [-0.25, -0.2) is 0 Å². The molecule has 1 heterocycles.